The molecule has 0 aromatic heterocycles. The van der Waals surface area contributed by atoms with Crippen LogP contribution in [0.1, 0.15) is 23.2 Å². The fraction of sp³-hybridized carbons (Fsp3) is 0.182. The molecule has 0 aliphatic carbocycles. The number of nitrogens with one attached hydrogen (secondary N) is 1. The molecule has 0 fully saturated rings. The Kier molecular flexibility index (Phi) is 5.71. The van der Waals surface area contributed by atoms with Gasteiger partial charge in [0, 0.05) is 24.1 Å². The van der Waals surface area contributed by atoms with E-state index in [0.717, 1.165) is 16.5 Å². The first-order valence-electron chi connectivity index (χ1n) is 8.64. The summed E-state index contributed by atoms with van der Waals surface area (Å²) in [7, 11) is 3.06. The number of hydrogen-bond donors (Lipinski definition) is 1. The van der Waals surface area contributed by atoms with E-state index >= 15 is 0 Å². The quantitative estimate of drug-likeness (QED) is 0.630. The third-order valence-electron chi connectivity index (χ3n) is 4.32. The van der Waals surface area contributed by atoms with Gasteiger partial charge in [-0.15, -0.1) is 0 Å². The van der Waals surface area contributed by atoms with E-state index in [1.807, 2.05) is 42.5 Å². The van der Waals surface area contributed by atoms with Crippen molar-refractivity contribution >= 4 is 28.2 Å². The number of carbonyl (C=O) groups excluding carboxylic acids is 2. The maximum atomic E-state index is 12.4. The Morgan fingerprint density at radius 3 is 2.30 bits per heavy atom. The third-order valence-corrected chi connectivity index (χ3v) is 4.32. The van der Waals surface area contributed by atoms with Crippen LogP contribution in [0.5, 0.6) is 11.5 Å². The van der Waals surface area contributed by atoms with Crippen LogP contribution in [0.4, 0.5) is 5.69 Å². The fourth-order valence-corrected chi connectivity index (χ4v) is 2.87. The summed E-state index contributed by atoms with van der Waals surface area (Å²) in [6.45, 7) is 0. The number of ether oxygens (including phenoxy) is 2. The van der Waals surface area contributed by atoms with Gasteiger partial charge in [-0.2, -0.15) is 0 Å². The SMILES string of the molecule is COc1ccc(C(=O)CCC(=O)Nc2ccc3ccccc3c2)cc1OC. The predicted octanol–water partition coefficient (Wildman–Crippen LogP) is 4.46. The van der Waals surface area contributed by atoms with Gasteiger partial charge in [-0.3, -0.25) is 9.59 Å². The second-order valence-electron chi connectivity index (χ2n) is 6.10. The zero-order valence-corrected chi connectivity index (χ0v) is 15.3. The van der Waals surface area contributed by atoms with Crippen LogP contribution in [0.25, 0.3) is 10.8 Å². The highest BCUT2D eigenvalue weighted by Crippen LogP contribution is 2.28. The minimum Gasteiger partial charge on any atom is -0.493 e. The summed E-state index contributed by atoms with van der Waals surface area (Å²) in [6.07, 6.45) is 0.231. The molecule has 1 amide bonds. The molecule has 138 valence electrons. The summed E-state index contributed by atoms with van der Waals surface area (Å²) in [5.74, 6) is 0.732. The summed E-state index contributed by atoms with van der Waals surface area (Å²) in [5.41, 5.74) is 1.21. The highest BCUT2D eigenvalue weighted by Gasteiger charge is 2.13. The van der Waals surface area contributed by atoms with E-state index < -0.39 is 0 Å². The Bertz CT molecular complexity index is 981. The fourth-order valence-electron chi connectivity index (χ4n) is 2.87. The standard InChI is InChI=1S/C22H21NO4/c1-26-20-11-8-17(14-21(20)27-2)19(24)10-12-22(25)23-18-9-7-15-5-3-4-6-16(15)13-18/h3-9,11,13-14H,10,12H2,1-2H3,(H,23,25). The normalized spacial score (nSPS) is 10.4. The minimum atomic E-state index is -0.195. The number of benzene rings is 3. The molecule has 0 atom stereocenters. The topological polar surface area (TPSA) is 64.6 Å². The number of anilines is 1. The molecule has 3 aromatic carbocycles. The predicted molar refractivity (Wildman–Crippen MR) is 106 cm³/mol. The number of rotatable bonds is 7. The largest absolute Gasteiger partial charge is 0.493 e. The highest BCUT2D eigenvalue weighted by molar-refractivity contribution is 6.01. The second-order valence-corrected chi connectivity index (χ2v) is 6.10. The number of fused-ring (bicyclic) bond motifs is 1. The molecule has 0 heterocycles. The van der Waals surface area contributed by atoms with Crippen LogP contribution < -0.4 is 14.8 Å². The summed E-state index contributed by atoms with van der Waals surface area (Å²) in [4.78, 5) is 24.6. The van der Waals surface area contributed by atoms with E-state index in [-0.39, 0.29) is 24.5 Å². The van der Waals surface area contributed by atoms with Crippen molar-refractivity contribution in [2.75, 3.05) is 19.5 Å². The van der Waals surface area contributed by atoms with Crippen LogP contribution >= 0.6 is 0 Å². The van der Waals surface area contributed by atoms with Crippen molar-refractivity contribution in [3.8, 4) is 11.5 Å². The van der Waals surface area contributed by atoms with Crippen molar-refractivity contribution in [1.82, 2.24) is 0 Å². The van der Waals surface area contributed by atoms with Gasteiger partial charge in [0.05, 0.1) is 14.2 Å². The smallest absolute Gasteiger partial charge is 0.224 e. The maximum absolute atomic E-state index is 12.4. The molecule has 0 aliphatic rings. The number of carbonyl (C=O) groups is 2. The van der Waals surface area contributed by atoms with Crippen molar-refractivity contribution in [3.63, 3.8) is 0 Å². The van der Waals surface area contributed by atoms with Crippen LogP contribution in [-0.2, 0) is 4.79 Å². The molecule has 5 nitrogen and oxygen atoms in total. The van der Waals surface area contributed by atoms with E-state index in [9.17, 15) is 9.59 Å². The Labute approximate surface area is 157 Å². The zero-order valence-electron chi connectivity index (χ0n) is 15.3. The van der Waals surface area contributed by atoms with Gasteiger partial charge >= 0.3 is 0 Å². The molecule has 0 radical (unpaired) electrons. The van der Waals surface area contributed by atoms with E-state index in [1.165, 1.54) is 14.2 Å². The van der Waals surface area contributed by atoms with Gasteiger partial charge in [0.1, 0.15) is 0 Å². The average Bonchev–Trinajstić information content (AvgIpc) is 2.71. The first-order chi connectivity index (χ1) is 13.1. The van der Waals surface area contributed by atoms with Gasteiger partial charge in [-0.05, 0) is 41.1 Å². The van der Waals surface area contributed by atoms with E-state index in [4.69, 9.17) is 9.47 Å². The molecule has 27 heavy (non-hydrogen) atoms. The minimum absolute atomic E-state index is 0.111. The Morgan fingerprint density at radius 2 is 1.56 bits per heavy atom. The van der Waals surface area contributed by atoms with Gasteiger partial charge in [0.25, 0.3) is 0 Å². The first kappa shape index (κ1) is 18.5. The average molecular weight is 363 g/mol. The van der Waals surface area contributed by atoms with Crippen LogP contribution in [0.2, 0.25) is 0 Å². The maximum Gasteiger partial charge on any atom is 0.224 e. The van der Waals surface area contributed by atoms with Crippen LogP contribution in [0, 0.1) is 0 Å². The van der Waals surface area contributed by atoms with Crippen molar-refractivity contribution in [2.45, 2.75) is 12.8 Å². The Morgan fingerprint density at radius 1 is 0.815 bits per heavy atom. The lowest BCUT2D eigenvalue weighted by atomic mass is 10.1. The van der Waals surface area contributed by atoms with E-state index in [0.29, 0.717) is 17.1 Å². The molecule has 0 saturated carbocycles. The molecule has 3 rings (SSSR count). The molecule has 5 heteroatoms. The number of amides is 1. The molecular formula is C22H21NO4. The van der Waals surface area contributed by atoms with Crippen LogP contribution in [-0.4, -0.2) is 25.9 Å². The molecule has 0 saturated heterocycles. The lowest BCUT2D eigenvalue weighted by Gasteiger charge is -2.09. The second kappa shape index (κ2) is 8.36. The molecule has 0 aliphatic heterocycles. The van der Waals surface area contributed by atoms with E-state index in [1.54, 1.807) is 18.2 Å². The molecule has 0 unspecified atom stereocenters. The highest BCUT2D eigenvalue weighted by atomic mass is 16.5. The number of ketones is 1. The molecule has 1 N–H and O–H groups in total. The van der Waals surface area contributed by atoms with E-state index in [2.05, 4.69) is 5.32 Å². The molecular weight excluding hydrogens is 342 g/mol. The van der Waals surface area contributed by atoms with Crippen molar-refractivity contribution in [1.29, 1.82) is 0 Å². The Balaban J connectivity index is 1.60. The van der Waals surface area contributed by atoms with Gasteiger partial charge in [0.15, 0.2) is 17.3 Å². The Hall–Kier alpha value is -3.34. The number of methoxy groups -OCH3 is 2. The molecule has 3 aromatic rings. The summed E-state index contributed by atoms with van der Waals surface area (Å²) < 4.78 is 10.4. The van der Waals surface area contributed by atoms with Gasteiger partial charge in [0.2, 0.25) is 5.91 Å². The van der Waals surface area contributed by atoms with Crippen molar-refractivity contribution < 1.29 is 19.1 Å². The number of Topliss-reactive ketones (excluding diaryl/α,β-unsaturated/α-hetero) is 1. The molecule has 0 bridgehead atoms. The van der Waals surface area contributed by atoms with Crippen molar-refractivity contribution in [3.05, 3.63) is 66.2 Å². The zero-order chi connectivity index (χ0) is 19.2. The number of hydrogen-bond acceptors (Lipinski definition) is 4. The van der Waals surface area contributed by atoms with Crippen LogP contribution in [0.15, 0.2) is 60.7 Å². The summed E-state index contributed by atoms with van der Waals surface area (Å²) in [5, 5.41) is 5.01. The van der Waals surface area contributed by atoms with Gasteiger partial charge in [-0.1, -0.05) is 30.3 Å². The third kappa shape index (κ3) is 4.44. The van der Waals surface area contributed by atoms with Crippen LogP contribution in [0.3, 0.4) is 0 Å². The lowest BCUT2D eigenvalue weighted by molar-refractivity contribution is -0.116. The van der Waals surface area contributed by atoms with Gasteiger partial charge < -0.3 is 14.8 Å². The molecule has 0 spiro atoms. The monoisotopic (exact) mass is 363 g/mol. The first-order valence-corrected chi connectivity index (χ1v) is 8.64. The summed E-state index contributed by atoms with van der Waals surface area (Å²) >= 11 is 0. The van der Waals surface area contributed by atoms with Crippen molar-refractivity contribution in [2.24, 2.45) is 0 Å². The summed E-state index contributed by atoms with van der Waals surface area (Å²) in [6, 6.07) is 18.7. The lowest BCUT2D eigenvalue weighted by Crippen LogP contribution is -2.13. The van der Waals surface area contributed by atoms with Gasteiger partial charge in [-0.25, -0.2) is 0 Å².